The molecule has 13 heteroatoms. The van der Waals surface area contributed by atoms with E-state index in [1.165, 1.54) is 33.4 Å². The summed E-state index contributed by atoms with van der Waals surface area (Å²) in [5.41, 5.74) is 76.2. The first-order valence-electron chi connectivity index (χ1n) is 27.1. The Labute approximate surface area is 489 Å². The maximum atomic E-state index is 5.79. The van der Waals surface area contributed by atoms with E-state index in [9.17, 15) is 0 Å². The van der Waals surface area contributed by atoms with Crippen LogP contribution in [0.5, 0.6) is 23.0 Å². The van der Waals surface area contributed by atoms with E-state index in [4.69, 9.17) is 71.2 Å². The summed E-state index contributed by atoms with van der Waals surface area (Å²) in [6, 6.07) is 76.9. The van der Waals surface area contributed by atoms with Crippen LogP contribution >= 0.6 is 0 Å². The first kappa shape index (κ1) is 57.3. The van der Waals surface area contributed by atoms with Crippen LogP contribution in [-0.4, -0.2) is 0 Å². The Morgan fingerprint density at radius 1 is 0.286 bits per heavy atom. The lowest BCUT2D eigenvalue weighted by atomic mass is 10.0. The predicted molar refractivity (Wildman–Crippen MR) is 354 cm³/mol. The summed E-state index contributed by atoms with van der Waals surface area (Å²) in [7, 11) is 0. The van der Waals surface area contributed by atoms with Crippen molar-refractivity contribution in [3.05, 3.63) is 276 Å². The van der Waals surface area contributed by atoms with Crippen LogP contribution in [0.1, 0.15) is 33.4 Å². The Hall–Kier alpha value is -11.4. The lowest BCUT2D eigenvalue weighted by Gasteiger charge is -2.08. The highest BCUT2D eigenvalue weighted by Gasteiger charge is 2.18. The molecule has 0 radical (unpaired) electrons. The van der Waals surface area contributed by atoms with Gasteiger partial charge in [-0.25, -0.2) is 0 Å². The van der Waals surface area contributed by atoms with Crippen molar-refractivity contribution < 1.29 is 13.9 Å². The lowest BCUT2D eigenvalue weighted by molar-refractivity contribution is 0.469. The van der Waals surface area contributed by atoms with Crippen LogP contribution in [-0.2, 0) is 19.3 Å². The van der Waals surface area contributed by atoms with Gasteiger partial charge >= 0.3 is 0 Å². The molecule has 1 aromatic heterocycles. The fourth-order valence-corrected chi connectivity index (χ4v) is 9.00. The number of rotatable bonds is 9. The van der Waals surface area contributed by atoms with Crippen LogP contribution in [0.3, 0.4) is 0 Å². The second kappa shape index (κ2) is 27.1. The molecule has 1 aliphatic carbocycles. The van der Waals surface area contributed by atoms with Crippen molar-refractivity contribution in [3.63, 3.8) is 0 Å². The number of anilines is 10. The Bertz CT molecular complexity index is 3850. The van der Waals surface area contributed by atoms with Gasteiger partial charge in [0.2, 0.25) is 0 Å². The van der Waals surface area contributed by atoms with Crippen molar-refractivity contribution in [2.75, 3.05) is 57.3 Å². The van der Waals surface area contributed by atoms with Crippen molar-refractivity contribution >= 4 is 91.0 Å². The molecule has 0 bridgehead atoms. The van der Waals surface area contributed by atoms with Crippen molar-refractivity contribution in [2.45, 2.75) is 19.3 Å². The molecule has 1 heterocycles. The number of nitrogen functional groups attached to an aromatic ring is 10. The van der Waals surface area contributed by atoms with Gasteiger partial charge in [-0.05, 0) is 246 Å². The minimum absolute atomic E-state index is 0.708. The molecule has 0 unspecified atom stereocenters. The zero-order chi connectivity index (χ0) is 59.0. The minimum atomic E-state index is 0.708. The van der Waals surface area contributed by atoms with Gasteiger partial charge in [0.15, 0.2) is 0 Å². The van der Waals surface area contributed by atoms with Gasteiger partial charge in [-0.2, -0.15) is 0 Å². The number of fused-ring (bicyclic) bond motifs is 6. The molecule has 0 saturated carbocycles. The molecule has 420 valence electrons. The van der Waals surface area contributed by atoms with E-state index in [0.29, 0.717) is 11.4 Å². The molecule has 0 atom stereocenters. The molecule has 13 rings (SSSR count). The molecule has 13 nitrogen and oxygen atoms in total. The average Bonchev–Trinajstić information content (AvgIpc) is 2.67. The van der Waals surface area contributed by atoms with Crippen molar-refractivity contribution in [2.24, 2.45) is 0 Å². The van der Waals surface area contributed by atoms with Crippen LogP contribution in [0.4, 0.5) is 56.9 Å². The number of furan rings is 1. The highest BCUT2D eigenvalue weighted by Crippen LogP contribution is 2.39. The molecule has 0 aliphatic heterocycles. The summed E-state index contributed by atoms with van der Waals surface area (Å²) in [5.74, 6) is 2.94. The highest BCUT2D eigenvalue weighted by molar-refractivity contribution is 6.06. The van der Waals surface area contributed by atoms with Crippen LogP contribution in [0, 0.1) is 0 Å². The topological polar surface area (TPSA) is 292 Å². The average molecular weight is 1110 g/mol. The Kier molecular flexibility index (Phi) is 18.5. The van der Waals surface area contributed by atoms with Gasteiger partial charge in [0.1, 0.15) is 34.2 Å². The lowest BCUT2D eigenvalue weighted by Crippen LogP contribution is -1.93. The fourth-order valence-electron chi connectivity index (χ4n) is 9.00. The zero-order valence-electron chi connectivity index (χ0n) is 46.4. The first-order chi connectivity index (χ1) is 40.6. The third kappa shape index (κ3) is 16.3. The molecule has 11 aromatic carbocycles. The van der Waals surface area contributed by atoms with E-state index in [1.807, 2.05) is 194 Å². The van der Waals surface area contributed by atoms with Gasteiger partial charge < -0.3 is 71.2 Å². The molecule has 12 aromatic rings. The summed E-state index contributed by atoms with van der Waals surface area (Å²) in [4.78, 5) is 0. The van der Waals surface area contributed by atoms with Crippen LogP contribution in [0.25, 0.3) is 45.2 Å². The minimum Gasteiger partial charge on any atom is -0.457 e. The number of aryl methyl sites for hydroxylation is 2. The summed E-state index contributed by atoms with van der Waals surface area (Å²) in [5, 5.41) is 2.02. The normalized spacial score (nSPS) is 10.9. The molecule has 84 heavy (non-hydrogen) atoms. The van der Waals surface area contributed by atoms with E-state index >= 15 is 0 Å². The van der Waals surface area contributed by atoms with Crippen LogP contribution < -0.4 is 66.8 Å². The Morgan fingerprint density at radius 3 is 0.881 bits per heavy atom. The van der Waals surface area contributed by atoms with Crippen molar-refractivity contribution in [1.82, 2.24) is 0 Å². The SMILES string of the molecule is Nc1ccc(C=Cc2ccc(N)cc2)cc1.Nc1ccc(CCc2ccc(N)cc2)cc1.Nc1ccc(Oc2ccc(Oc3ccc(N)cc3)cc2)cc1.Nc1ccc2c(c1)-c1cc(N)ccc1C2.Nc1ccc2oc3ccc(N)cc3c2c1. The monoisotopic (exact) mass is 1110 g/mol. The van der Waals surface area contributed by atoms with Crippen LogP contribution in [0.2, 0.25) is 0 Å². The second-order valence-corrected chi connectivity index (χ2v) is 20.1. The molecule has 0 saturated heterocycles. The maximum absolute atomic E-state index is 5.79. The van der Waals surface area contributed by atoms with Crippen LogP contribution in [0.15, 0.2) is 247 Å². The number of ether oxygens (including phenoxy) is 2. The summed E-state index contributed by atoms with van der Waals surface area (Å²) < 4.78 is 17.1. The smallest absolute Gasteiger partial charge is 0.135 e. The molecule has 20 N–H and O–H groups in total. The fraction of sp³-hybridized carbons (Fsp3) is 0.0423. The number of hydrogen-bond acceptors (Lipinski definition) is 13. The molecular formula is C71H68N10O3. The van der Waals surface area contributed by atoms with Crippen molar-refractivity contribution in [1.29, 1.82) is 0 Å². The molecule has 1 aliphatic rings. The zero-order valence-corrected chi connectivity index (χ0v) is 46.4. The molecular weight excluding hydrogens is 1040 g/mol. The molecule has 0 spiro atoms. The summed E-state index contributed by atoms with van der Waals surface area (Å²) in [6.07, 6.45) is 7.15. The third-order valence-corrected chi connectivity index (χ3v) is 13.5. The highest BCUT2D eigenvalue weighted by atomic mass is 16.5. The first-order valence-corrected chi connectivity index (χ1v) is 27.1. The summed E-state index contributed by atoms with van der Waals surface area (Å²) in [6.45, 7) is 0. The van der Waals surface area contributed by atoms with Gasteiger partial charge in [-0.15, -0.1) is 0 Å². The van der Waals surface area contributed by atoms with Gasteiger partial charge in [-0.1, -0.05) is 72.8 Å². The van der Waals surface area contributed by atoms with Gasteiger partial charge in [0, 0.05) is 67.6 Å². The Morgan fingerprint density at radius 2 is 0.548 bits per heavy atom. The van der Waals surface area contributed by atoms with E-state index in [0.717, 1.165) is 121 Å². The van der Waals surface area contributed by atoms with Gasteiger partial charge in [0.25, 0.3) is 0 Å². The number of benzene rings is 11. The van der Waals surface area contributed by atoms with Gasteiger partial charge in [0.05, 0.1) is 0 Å². The third-order valence-electron chi connectivity index (χ3n) is 13.5. The van der Waals surface area contributed by atoms with Gasteiger partial charge in [-0.3, -0.25) is 0 Å². The van der Waals surface area contributed by atoms with E-state index < -0.39 is 0 Å². The van der Waals surface area contributed by atoms with Crippen molar-refractivity contribution in [3.8, 4) is 34.1 Å². The van der Waals surface area contributed by atoms with E-state index in [2.05, 4.69) is 36.4 Å². The molecule has 0 fully saturated rings. The summed E-state index contributed by atoms with van der Waals surface area (Å²) >= 11 is 0. The number of hydrogen-bond donors (Lipinski definition) is 10. The Balaban J connectivity index is 0.000000127. The van der Waals surface area contributed by atoms with E-state index in [-0.39, 0.29) is 0 Å². The van der Waals surface area contributed by atoms with E-state index in [1.54, 1.807) is 24.3 Å². The largest absolute Gasteiger partial charge is 0.457 e. The maximum Gasteiger partial charge on any atom is 0.135 e. The quantitative estimate of drug-likeness (QED) is 0.0476. The standard InChI is InChI=1S/C18H16N2O2.C14H16N2.C14H14N2.C13H12N2.C12H10N2O/c19-13-1-5-15(6-2-13)21-17-9-11-18(12-10-17)22-16-7-3-14(20)4-8-16;2*15-13-7-3-11(4-8-13)1-2-12-5-9-14(16)10-6-12;14-10-3-1-8-5-9-2-4-11(15)7-13(9)12(8)6-10;13-7-1-3-11-9(5-7)10-6-8(14)2-4-12(10)15-11/h1-12H,19-20H2;3-10H,1-2,15-16H2;1-10H,15-16H2;1-4,6-7H,5,14-15H2;1-6H,13-14H2. The predicted octanol–water partition coefficient (Wildman–Crippen LogP) is 15.3. The second-order valence-electron chi connectivity index (χ2n) is 20.1. The number of nitrogens with two attached hydrogens (primary N) is 10. The molecule has 0 amide bonds.